The first-order chi connectivity index (χ1) is 11.2. The monoisotopic (exact) mass is 314 g/mol. The van der Waals surface area contributed by atoms with E-state index < -0.39 is 0 Å². The molecule has 0 amide bonds. The molecule has 0 saturated carbocycles. The van der Waals surface area contributed by atoms with E-state index in [1.165, 1.54) is 12.4 Å². The van der Waals surface area contributed by atoms with Gasteiger partial charge in [-0.15, -0.1) is 0 Å². The van der Waals surface area contributed by atoms with E-state index in [-0.39, 0.29) is 17.4 Å². The second-order valence-electron chi connectivity index (χ2n) is 5.68. The highest BCUT2D eigenvalue weighted by Gasteiger charge is 2.26. The zero-order chi connectivity index (χ0) is 15.8. The van der Waals surface area contributed by atoms with Gasteiger partial charge in [0.15, 0.2) is 0 Å². The average molecular weight is 314 g/mol. The van der Waals surface area contributed by atoms with Crippen LogP contribution >= 0.6 is 0 Å². The molecular formula is C15H15FN6O. The van der Waals surface area contributed by atoms with Gasteiger partial charge in [0.05, 0.1) is 0 Å². The number of para-hydroxylation sites is 1. The van der Waals surface area contributed by atoms with Gasteiger partial charge >= 0.3 is 5.69 Å². The van der Waals surface area contributed by atoms with E-state index in [1.807, 2.05) is 6.07 Å². The lowest BCUT2D eigenvalue weighted by Gasteiger charge is -2.33. The number of nitrogens with zero attached hydrogens (tertiary/aromatic N) is 4. The van der Waals surface area contributed by atoms with Crippen molar-refractivity contribution in [3.05, 3.63) is 46.7 Å². The Bertz CT molecular complexity index is 904. The van der Waals surface area contributed by atoms with E-state index in [2.05, 4.69) is 30.0 Å². The molecule has 3 aromatic rings. The van der Waals surface area contributed by atoms with Crippen LogP contribution in [0.4, 0.5) is 10.2 Å². The van der Waals surface area contributed by atoms with Crippen LogP contribution in [0, 0.1) is 5.82 Å². The molecular weight excluding hydrogens is 299 g/mol. The molecule has 2 aromatic heterocycles. The molecule has 4 rings (SSSR count). The van der Waals surface area contributed by atoms with Crippen LogP contribution in [0.25, 0.3) is 10.9 Å². The Morgan fingerprint density at radius 2 is 2.22 bits per heavy atom. The van der Waals surface area contributed by atoms with Crippen molar-refractivity contribution in [3.8, 4) is 0 Å². The summed E-state index contributed by atoms with van der Waals surface area (Å²) in [4.78, 5) is 24.5. The quantitative estimate of drug-likeness (QED) is 0.749. The summed E-state index contributed by atoms with van der Waals surface area (Å²) < 4.78 is 13.9. The molecule has 7 nitrogen and oxygen atoms in total. The normalized spacial score (nSPS) is 18.5. The Labute approximate surface area is 130 Å². The van der Waals surface area contributed by atoms with Crippen molar-refractivity contribution in [1.29, 1.82) is 0 Å². The topological polar surface area (TPSA) is 90.6 Å². The van der Waals surface area contributed by atoms with Gasteiger partial charge in [0.25, 0.3) is 0 Å². The molecule has 23 heavy (non-hydrogen) atoms. The maximum Gasteiger partial charge on any atom is 0.340 e. The van der Waals surface area contributed by atoms with Gasteiger partial charge < -0.3 is 4.90 Å². The number of hydrogen-bond acceptors (Lipinski definition) is 5. The van der Waals surface area contributed by atoms with Gasteiger partial charge in [0.2, 0.25) is 0 Å². The van der Waals surface area contributed by atoms with E-state index in [9.17, 15) is 9.18 Å². The van der Waals surface area contributed by atoms with Crippen molar-refractivity contribution in [1.82, 2.24) is 25.1 Å². The second-order valence-corrected chi connectivity index (χ2v) is 5.68. The van der Waals surface area contributed by atoms with E-state index >= 15 is 0 Å². The van der Waals surface area contributed by atoms with Crippen LogP contribution in [0.5, 0.6) is 0 Å². The Balaban J connectivity index is 1.70. The van der Waals surface area contributed by atoms with Crippen LogP contribution in [0.1, 0.15) is 24.6 Å². The summed E-state index contributed by atoms with van der Waals surface area (Å²) in [5.74, 6) is 1.14. The molecule has 1 aliphatic rings. The summed E-state index contributed by atoms with van der Waals surface area (Å²) in [5.41, 5.74) is 0.0273. The number of H-pyrrole nitrogens is 2. The van der Waals surface area contributed by atoms with Crippen molar-refractivity contribution >= 4 is 16.7 Å². The van der Waals surface area contributed by atoms with Gasteiger partial charge in [-0.05, 0) is 25.0 Å². The standard InChI is InChI=1S/C15H15FN6O/c16-11-5-1-4-10-12(11)17-8-18-14(10)22-6-2-3-9(7-22)13-19-15(23)21-20-13/h1,4-5,8-9H,2-3,6-7H2,(H2,19,20,21,23)/t9-/m0/s1. The molecule has 1 saturated heterocycles. The largest absolute Gasteiger partial charge is 0.355 e. The minimum absolute atomic E-state index is 0.112. The smallest absolute Gasteiger partial charge is 0.340 e. The van der Waals surface area contributed by atoms with Gasteiger partial charge in [-0.25, -0.2) is 24.3 Å². The zero-order valence-electron chi connectivity index (χ0n) is 12.3. The van der Waals surface area contributed by atoms with Crippen LogP contribution in [0.3, 0.4) is 0 Å². The summed E-state index contributed by atoms with van der Waals surface area (Å²) in [6, 6.07) is 4.89. The first-order valence-electron chi connectivity index (χ1n) is 7.51. The first kappa shape index (κ1) is 13.9. The number of halogens is 1. The summed E-state index contributed by atoms with van der Waals surface area (Å²) >= 11 is 0. The van der Waals surface area contributed by atoms with Crippen LogP contribution in [0.2, 0.25) is 0 Å². The molecule has 0 bridgehead atoms. The molecule has 1 aliphatic heterocycles. The highest BCUT2D eigenvalue weighted by molar-refractivity contribution is 5.89. The Kier molecular flexibility index (Phi) is 3.29. The predicted molar refractivity (Wildman–Crippen MR) is 82.9 cm³/mol. The van der Waals surface area contributed by atoms with Crippen molar-refractivity contribution in [2.45, 2.75) is 18.8 Å². The number of aromatic nitrogens is 5. The molecule has 0 unspecified atom stereocenters. The highest BCUT2D eigenvalue weighted by atomic mass is 19.1. The summed E-state index contributed by atoms with van der Waals surface area (Å²) in [7, 11) is 0. The number of benzene rings is 1. The lowest BCUT2D eigenvalue weighted by molar-refractivity contribution is 0.490. The second kappa shape index (κ2) is 5.45. The van der Waals surface area contributed by atoms with Crippen LogP contribution in [-0.2, 0) is 0 Å². The molecule has 118 valence electrons. The van der Waals surface area contributed by atoms with E-state index in [0.29, 0.717) is 23.3 Å². The van der Waals surface area contributed by atoms with Gasteiger partial charge in [-0.1, -0.05) is 6.07 Å². The average Bonchev–Trinajstić information content (AvgIpc) is 3.02. The van der Waals surface area contributed by atoms with E-state index in [1.54, 1.807) is 6.07 Å². The molecule has 2 N–H and O–H groups in total. The van der Waals surface area contributed by atoms with Gasteiger partial charge in [-0.2, -0.15) is 5.10 Å². The molecule has 1 fully saturated rings. The minimum Gasteiger partial charge on any atom is -0.355 e. The molecule has 1 aromatic carbocycles. The van der Waals surface area contributed by atoms with Gasteiger partial charge in [-0.3, -0.25) is 4.98 Å². The van der Waals surface area contributed by atoms with E-state index in [0.717, 1.165) is 25.2 Å². The van der Waals surface area contributed by atoms with Gasteiger partial charge in [0.1, 0.15) is 29.3 Å². The fourth-order valence-electron chi connectivity index (χ4n) is 3.16. The number of anilines is 1. The summed E-state index contributed by atoms with van der Waals surface area (Å²) in [6.07, 6.45) is 3.27. The van der Waals surface area contributed by atoms with Gasteiger partial charge in [0, 0.05) is 24.4 Å². The van der Waals surface area contributed by atoms with Crippen LogP contribution in [0.15, 0.2) is 29.3 Å². The van der Waals surface area contributed by atoms with Crippen molar-refractivity contribution in [2.75, 3.05) is 18.0 Å². The number of nitrogens with one attached hydrogen (secondary N) is 2. The lowest BCUT2D eigenvalue weighted by atomic mass is 9.97. The number of aromatic amines is 2. The third-order valence-corrected chi connectivity index (χ3v) is 4.22. The van der Waals surface area contributed by atoms with Crippen molar-refractivity contribution in [3.63, 3.8) is 0 Å². The number of piperidine rings is 1. The fourth-order valence-corrected chi connectivity index (χ4v) is 3.16. The number of fused-ring (bicyclic) bond motifs is 1. The predicted octanol–water partition coefficient (Wildman–Crippen LogP) is 1.56. The molecule has 0 radical (unpaired) electrons. The molecule has 1 atom stereocenters. The third-order valence-electron chi connectivity index (χ3n) is 4.22. The molecule has 0 aliphatic carbocycles. The number of hydrogen-bond donors (Lipinski definition) is 2. The lowest BCUT2D eigenvalue weighted by Crippen LogP contribution is -2.35. The Morgan fingerprint density at radius 1 is 1.30 bits per heavy atom. The Hall–Kier alpha value is -2.77. The first-order valence-corrected chi connectivity index (χ1v) is 7.51. The molecule has 8 heteroatoms. The van der Waals surface area contributed by atoms with Crippen molar-refractivity contribution in [2.24, 2.45) is 0 Å². The van der Waals surface area contributed by atoms with Crippen LogP contribution in [-0.4, -0.2) is 38.2 Å². The third kappa shape index (κ3) is 2.45. The summed E-state index contributed by atoms with van der Waals surface area (Å²) in [6.45, 7) is 1.50. The zero-order valence-corrected chi connectivity index (χ0v) is 12.3. The van der Waals surface area contributed by atoms with Crippen molar-refractivity contribution < 1.29 is 4.39 Å². The SMILES string of the molecule is O=c1[nH]nc([C@H]2CCCN(c3ncnc4c(F)cccc34)C2)[nH]1. The highest BCUT2D eigenvalue weighted by Crippen LogP contribution is 2.30. The fraction of sp³-hybridized carbons (Fsp3) is 0.333. The molecule has 3 heterocycles. The Morgan fingerprint density at radius 3 is 3.04 bits per heavy atom. The molecule has 0 spiro atoms. The number of rotatable bonds is 2. The van der Waals surface area contributed by atoms with Crippen LogP contribution < -0.4 is 10.6 Å². The maximum atomic E-state index is 13.9. The minimum atomic E-state index is -0.351. The summed E-state index contributed by atoms with van der Waals surface area (Å²) in [5, 5.41) is 7.13. The van der Waals surface area contributed by atoms with E-state index in [4.69, 9.17) is 0 Å². The maximum absolute atomic E-state index is 13.9.